The molecule has 0 saturated carbocycles. The zero-order chi connectivity index (χ0) is 15.9. The van der Waals surface area contributed by atoms with Crippen molar-refractivity contribution in [3.63, 3.8) is 0 Å². The lowest BCUT2D eigenvalue weighted by Crippen LogP contribution is -2.29. The van der Waals surface area contributed by atoms with E-state index in [0.29, 0.717) is 12.5 Å². The number of rotatable bonds is 6. The maximum absolute atomic E-state index is 12.3. The maximum Gasteiger partial charge on any atom is 0.251 e. The van der Waals surface area contributed by atoms with Crippen molar-refractivity contribution in [1.82, 2.24) is 25.6 Å². The molecule has 0 bridgehead atoms. The van der Waals surface area contributed by atoms with Gasteiger partial charge in [-0.2, -0.15) is 0 Å². The first-order valence-corrected chi connectivity index (χ1v) is 8.26. The van der Waals surface area contributed by atoms with Crippen LogP contribution in [-0.2, 0) is 6.54 Å². The highest BCUT2D eigenvalue weighted by Gasteiger charge is 2.16. The van der Waals surface area contributed by atoms with E-state index in [4.69, 9.17) is 0 Å². The van der Waals surface area contributed by atoms with Gasteiger partial charge in [0.05, 0.1) is 6.20 Å². The van der Waals surface area contributed by atoms with Crippen molar-refractivity contribution in [1.29, 1.82) is 0 Å². The SMILES string of the molecule is O=C(NCCCn1ccnn1)c1cccc([C@H]2CCCNC2)c1. The summed E-state index contributed by atoms with van der Waals surface area (Å²) in [7, 11) is 0. The summed E-state index contributed by atoms with van der Waals surface area (Å²) in [5, 5.41) is 14.1. The van der Waals surface area contributed by atoms with Crippen LogP contribution in [0.1, 0.15) is 41.1 Å². The van der Waals surface area contributed by atoms with Crippen molar-refractivity contribution in [2.75, 3.05) is 19.6 Å². The Labute approximate surface area is 136 Å². The number of carbonyl (C=O) groups is 1. The number of nitrogens with zero attached hydrogens (tertiary/aromatic N) is 3. The van der Waals surface area contributed by atoms with E-state index in [2.05, 4.69) is 27.0 Å². The molecule has 0 aliphatic carbocycles. The van der Waals surface area contributed by atoms with Gasteiger partial charge in [-0.05, 0) is 49.4 Å². The first-order chi connectivity index (χ1) is 11.3. The summed E-state index contributed by atoms with van der Waals surface area (Å²) in [6, 6.07) is 8.02. The van der Waals surface area contributed by atoms with E-state index in [1.165, 1.54) is 18.4 Å². The molecule has 1 aliphatic heterocycles. The second kappa shape index (κ2) is 7.87. The topological polar surface area (TPSA) is 71.8 Å². The molecule has 1 aliphatic rings. The standard InChI is InChI=1S/C17H23N5O/c23-17(19-8-3-10-22-11-9-20-21-22)15-5-1-4-14(12-15)16-6-2-7-18-13-16/h1,4-5,9,11-12,16,18H,2-3,6-8,10,13H2,(H,19,23)/t16-/m0/s1. The Hall–Kier alpha value is -2.21. The van der Waals surface area contributed by atoms with Gasteiger partial charge in [-0.25, -0.2) is 0 Å². The highest BCUT2D eigenvalue weighted by atomic mass is 16.1. The molecule has 1 amide bonds. The van der Waals surface area contributed by atoms with Gasteiger partial charge in [-0.3, -0.25) is 9.48 Å². The lowest BCUT2D eigenvalue weighted by atomic mass is 9.90. The van der Waals surface area contributed by atoms with Gasteiger partial charge in [0.15, 0.2) is 0 Å². The van der Waals surface area contributed by atoms with E-state index in [0.717, 1.165) is 31.6 Å². The summed E-state index contributed by atoms with van der Waals surface area (Å²) in [5.74, 6) is 0.512. The number of nitrogens with one attached hydrogen (secondary N) is 2. The fraction of sp³-hybridized carbons (Fsp3) is 0.471. The van der Waals surface area contributed by atoms with E-state index in [1.807, 2.05) is 24.4 Å². The molecule has 0 radical (unpaired) electrons. The summed E-state index contributed by atoms with van der Waals surface area (Å²) in [5.41, 5.74) is 2.00. The van der Waals surface area contributed by atoms with E-state index in [1.54, 1.807) is 10.9 Å². The molecule has 1 fully saturated rings. The monoisotopic (exact) mass is 313 g/mol. The molecular weight excluding hydrogens is 290 g/mol. The minimum absolute atomic E-state index is 0.00536. The van der Waals surface area contributed by atoms with Gasteiger partial charge in [0, 0.05) is 31.4 Å². The molecule has 6 heteroatoms. The molecule has 0 spiro atoms. The summed E-state index contributed by atoms with van der Waals surface area (Å²) in [6.07, 6.45) is 6.70. The number of carbonyl (C=O) groups excluding carboxylic acids is 1. The van der Waals surface area contributed by atoms with Gasteiger partial charge in [-0.15, -0.1) is 5.10 Å². The van der Waals surface area contributed by atoms with E-state index >= 15 is 0 Å². The molecule has 2 aromatic rings. The fourth-order valence-corrected chi connectivity index (χ4v) is 2.97. The summed E-state index contributed by atoms with van der Waals surface area (Å²) in [4.78, 5) is 12.3. The first kappa shape index (κ1) is 15.7. The minimum atomic E-state index is -0.00536. The molecule has 1 atom stereocenters. The van der Waals surface area contributed by atoms with Crippen LogP contribution >= 0.6 is 0 Å². The van der Waals surface area contributed by atoms with Gasteiger partial charge in [-0.1, -0.05) is 17.3 Å². The number of piperidine rings is 1. The molecule has 2 heterocycles. The number of hydrogen-bond acceptors (Lipinski definition) is 4. The normalized spacial score (nSPS) is 17.8. The molecule has 0 unspecified atom stereocenters. The van der Waals surface area contributed by atoms with Crippen LogP contribution in [0.5, 0.6) is 0 Å². The Morgan fingerprint density at radius 3 is 3.17 bits per heavy atom. The van der Waals surface area contributed by atoms with Crippen LogP contribution in [0, 0.1) is 0 Å². The quantitative estimate of drug-likeness (QED) is 0.794. The number of benzene rings is 1. The molecule has 2 N–H and O–H groups in total. The van der Waals surface area contributed by atoms with Crippen LogP contribution in [0.25, 0.3) is 0 Å². The molecule has 6 nitrogen and oxygen atoms in total. The van der Waals surface area contributed by atoms with Crippen molar-refractivity contribution in [2.45, 2.75) is 31.7 Å². The van der Waals surface area contributed by atoms with E-state index < -0.39 is 0 Å². The predicted molar refractivity (Wildman–Crippen MR) is 88.3 cm³/mol. The van der Waals surface area contributed by atoms with Crippen LogP contribution in [0.3, 0.4) is 0 Å². The molecule has 3 rings (SSSR count). The van der Waals surface area contributed by atoms with E-state index in [9.17, 15) is 4.79 Å². The average molecular weight is 313 g/mol. The second-order valence-electron chi connectivity index (χ2n) is 5.94. The molecular formula is C17H23N5O. The highest BCUT2D eigenvalue weighted by molar-refractivity contribution is 5.94. The Morgan fingerprint density at radius 2 is 2.39 bits per heavy atom. The third-order valence-electron chi connectivity index (χ3n) is 4.24. The summed E-state index contributed by atoms with van der Waals surface area (Å²) < 4.78 is 1.77. The van der Waals surface area contributed by atoms with Crippen molar-refractivity contribution in [3.8, 4) is 0 Å². The van der Waals surface area contributed by atoms with E-state index in [-0.39, 0.29) is 5.91 Å². The number of amides is 1. The lowest BCUT2D eigenvalue weighted by Gasteiger charge is -2.23. The van der Waals surface area contributed by atoms with Crippen LogP contribution in [0.15, 0.2) is 36.7 Å². The van der Waals surface area contributed by atoms with Crippen molar-refractivity contribution < 1.29 is 4.79 Å². The first-order valence-electron chi connectivity index (χ1n) is 8.26. The Bertz CT molecular complexity index is 620. The average Bonchev–Trinajstić information content (AvgIpc) is 3.13. The molecule has 23 heavy (non-hydrogen) atoms. The lowest BCUT2D eigenvalue weighted by molar-refractivity contribution is 0.0952. The van der Waals surface area contributed by atoms with Gasteiger partial charge in [0.1, 0.15) is 0 Å². The third-order valence-corrected chi connectivity index (χ3v) is 4.24. The van der Waals surface area contributed by atoms with Crippen LogP contribution in [-0.4, -0.2) is 40.5 Å². The largest absolute Gasteiger partial charge is 0.352 e. The summed E-state index contributed by atoms with van der Waals surface area (Å²) in [6.45, 7) is 3.49. The molecule has 1 aromatic heterocycles. The van der Waals surface area contributed by atoms with Crippen LogP contribution in [0.2, 0.25) is 0 Å². The number of aromatic nitrogens is 3. The Kier molecular flexibility index (Phi) is 5.37. The minimum Gasteiger partial charge on any atom is -0.352 e. The highest BCUT2D eigenvalue weighted by Crippen LogP contribution is 2.23. The van der Waals surface area contributed by atoms with Crippen LogP contribution in [0.4, 0.5) is 0 Å². The molecule has 122 valence electrons. The van der Waals surface area contributed by atoms with Gasteiger partial charge in [0.25, 0.3) is 5.91 Å². The molecule has 1 saturated heterocycles. The van der Waals surface area contributed by atoms with Gasteiger partial charge in [0.2, 0.25) is 0 Å². The zero-order valence-corrected chi connectivity index (χ0v) is 13.2. The molecule has 1 aromatic carbocycles. The predicted octanol–water partition coefficient (Wildman–Crippen LogP) is 1.57. The van der Waals surface area contributed by atoms with Crippen molar-refractivity contribution >= 4 is 5.91 Å². The third kappa shape index (κ3) is 4.39. The maximum atomic E-state index is 12.3. The Balaban J connectivity index is 1.50. The van der Waals surface area contributed by atoms with Gasteiger partial charge < -0.3 is 10.6 Å². The Morgan fingerprint density at radius 1 is 1.43 bits per heavy atom. The second-order valence-corrected chi connectivity index (χ2v) is 5.94. The number of hydrogen-bond donors (Lipinski definition) is 2. The van der Waals surface area contributed by atoms with Crippen molar-refractivity contribution in [3.05, 3.63) is 47.8 Å². The fourth-order valence-electron chi connectivity index (χ4n) is 2.97. The van der Waals surface area contributed by atoms with Gasteiger partial charge >= 0.3 is 0 Å². The van der Waals surface area contributed by atoms with Crippen molar-refractivity contribution in [2.24, 2.45) is 0 Å². The van der Waals surface area contributed by atoms with Crippen LogP contribution < -0.4 is 10.6 Å². The number of aryl methyl sites for hydroxylation is 1. The summed E-state index contributed by atoms with van der Waals surface area (Å²) >= 11 is 0. The zero-order valence-electron chi connectivity index (χ0n) is 13.2. The smallest absolute Gasteiger partial charge is 0.251 e.